The summed E-state index contributed by atoms with van der Waals surface area (Å²) >= 11 is 0. The maximum atomic E-state index is 12.9. The highest BCUT2D eigenvalue weighted by molar-refractivity contribution is 6.11. The number of hydrogen-bond donors (Lipinski definition) is 0. The minimum Gasteiger partial charge on any atom is -0.299 e. The molecule has 0 aromatic heterocycles. The smallest absolute Gasteiger partial charge is 0.174 e. The average molecular weight is 292 g/mol. The molecular formula is C20H20O2. The Morgan fingerprint density at radius 2 is 1.55 bits per heavy atom. The number of Topliss-reactive ketones (excluding diaryl/α,β-unsaturated/α-hetero) is 2. The van der Waals surface area contributed by atoms with Crippen LogP contribution in [0.3, 0.4) is 0 Å². The zero-order chi connectivity index (χ0) is 15.9. The van der Waals surface area contributed by atoms with Gasteiger partial charge in [-0.3, -0.25) is 9.59 Å². The molecule has 2 rings (SSSR count). The Bertz CT molecular complexity index is 644. The van der Waals surface area contributed by atoms with Gasteiger partial charge < -0.3 is 0 Å². The molecule has 0 aliphatic rings. The molecule has 0 fully saturated rings. The molecule has 2 aromatic rings. The van der Waals surface area contributed by atoms with Gasteiger partial charge in [-0.15, -0.1) is 6.58 Å². The van der Waals surface area contributed by atoms with Gasteiger partial charge in [0.2, 0.25) is 0 Å². The van der Waals surface area contributed by atoms with Crippen molar-refractivity contribution >= 4 is 11.6 Å². The Labute approximate surface area is 131 Å². The van der Waals surface area contributed by atoms with Crippen molar-refractivity contribution < 1.29 is 9.59 Å². The van der Waals surface area contributed by atoms with Gasteiger partial charge >= 0.3 is 0 Å². The molecule has 0 N–H and O–H groups in total. The number of hydrogen-bond acceptors (Lipinski definition) is 2. The number of carbonyl (C=O) groups is 2. The molecule has 0 bridgehead atoms. The molecule has 0 saturated heterocycles. The number of allylic oxidation sites excluding steroid dienone is 1. The van der Waals surface area contributed by atoms with Crippen LogP contribution in [0.25, 0.3) is 0 Å². The van der Waals surface area contributed by atoms with Crippen LogP contribution >= 0.6 is 0 Å². The van der Waals surface area contributed by atoms with Crippen molar-refractivity contribution in [2.24, 2.45) is 5.92 Å². The summed E-state index contributed by atoms with van der Waals surface area (Å²) < 4.78 is 0. The van der Waals surface area contributed by atoms with E-state index in [9.17, 15) is 9.59 Å². The fourth-order valence-electron chi connectivity index (χ4n) is 2.65. The maximum absolute atomic E-state index is 12.9. The van der Waals surface area contributed by atoms with Gasteiger partial charge in [0.1, 0.15) is 5.78 Å². The van der Waals surface area contributed by atoms with Crippen LogP contribution in [0.5, 0.6) is 0 Å². The second kappa shape index (κ2) is 7.51. The van der Waals surface area contributed by atoms with Crippen LogP contribution in [0.15, 0.2) is 73.3 Å². The normalized spacial score (nSPS) is 13.1. The molecule has 0 radical (unpaired) electrons. The highest BCUT2D eigenvalue weighted by Gasteiger charge is 2.33. The molecule has 0 unspecified atom stereocenters. The molecule has 2 atom stereocenters. The van der Waals surface area contributed by atoms with E-state index in [1.807, 2.05) is 48.5 Å². The van der Waals surface area contributed by atoms with Gasteiger partial charge in [-0.05, 0) is 5.56 Å². The van der Waals surface area contributed by atoms with E-state index in [2.05, 4.69) is 6.58 Å². The summed E-state index contributed by atoms with van der Waals surface area (Å²) in [4.78, 5) is 25.3. The fourth-order valence-corrected chi connectivity index (χ4v) is 2.65. The third-order valence-electron chi connectivity index (χ3n) is 3.83. The van der Waals surface area contributed by atoms with Gasteiger partial charge in [-0.25, -0.2) is 0 Å². The van der Waals surface area contributed by atoms with Gasteiger partial charge in [0.05, 0.1) is 5.92 Å². The van der Waals surface area contributed by atoms with Crippen molar-refractivity contribution in [3.8, 4) is 0 Å². The van der Waals surface area contributed by atoms with Gasteiger partial charge in [-0.1, -0.05) is 73.7 Å². The van der Waals surface area contributed by atoms with Crippen molar-refractivity contribution in [1.82, 2.24) is 0 Å². The van der Waals surface area contributed by atoms with Crippen LogP contribution in [0.1, 0.15) is 35.2 Å². The van der Waals surface area contributed by atoms with Gasteiger partial charge in [0, 0.05) is 17.9 Å². The quantitative estimate of drug-likeness (QED) is 0.429. The average Bonchev–Trinajstić information content (AvgIpc) is 2.60. The number of rotatable bonds is 7. The Balaban J connectivity index is 2.43. The zero-order valence-electron chi connectivity index (χ0n) is 12.7. The summed E-state index contributed by atoms with van der Waals surface area (Å²) in [6.07, 6.45) is 2.04. The van der Waals surface area contributed by atoms with E-state index in [1.54, 1.807) is 25.1 Å². The minimum atomic E-state index is -0.715. The van der Waals surface area contributed by atoms with Crippen molar-refractivity contribution in [2.75, 3.05) is 0 Å². The third kappa shape index (κ3) is 3.40. The molecule has 0 saturated carbocycles. The standard InChI is InChI=1S/C20H20O2/c1-3-17(15-11-7-5-8-12-15)19(18(21)4-2)20(22)16-13-9-6-10-14-16/h3,5-14,17,19H,1,4H2,2H3/t17-,19+/m1/s1. The van der Waals surface area contributed by atoms with Crippen LogP contribution in [-0.4, -0.2) is 11.6 Å². The SMILES string of the molecule is C=C[C@H](c1ccccc1)[C@@H](C(=O)CC)C(=O)c1ccccc1. The lowest BCUT2D eigenvalue weighted by Crippen LogP contribution is -2.29. The van der Waals surface area contributed by atoms with Gasteiger partial charge in [0.15, 0.2) is 5.78 Å². The van der Waals surface area contributed by atoms with Crippen LogP contribution < -0.4 is 0 Å². The first-order chi connectivity index (χ1) is 10.7. The number of ketones is 2. The first-order valence-corrected chi connectivity index (χ1v) is 7.48. The lowest BCUT2D eigenvalue weighted by molar-refractivity contribution is -0.121. The van der Waals surface area contributed by atoms with Crippen LogP contribution in [0.4, 0.5) is 0 Å². The first kappa shape index (κ1) is 15.9. The molecular weight excluding hydrogens is 272 g/mol. The van der Waals surface area contributed by atoms with Gasteiger partial charge in [-0.2, -0.15) is 0 Å². The molecule has 0 amide bonds. The summed E-state index contributed by atoms with van der Waals surface area (Å²) in [7, 11) is 0. The molecule has 0 spiro atoms. The van der Waals surface area contributed by atoms with E-state index in [4.69, 9.17) is 0 Å². The molecule has 2 nitrogen and oxygen atoms in total. The number of benzene rings is 2. The Kier molecular flexibility index (Phi) is 5.42. The zero-order valence-corrected chi connectivity index (χ0v) is 12.7. The van der Waals surface area contributed by atoms with Crippen LogP contribution in [0.2, 0.25) is 0 Å². The van der Waals surface area contributed by atoms with Crippen molar-refractivity contribution in [1.29, 1.82) is 0 Å². The number of carbonyl (C=O) groups excluding carboxylic acids is 2. The summed E-state index contributed by atoms with van der Waals surface area (Å²) in [6, 6.07) is 18.6. The molecule has 2 aromatic carbocycles. The van der Waals surface area contributed by atoms with Crippen LogP contribution in [-0.2, 0) is 4.79 Å². The highest BCUT2D eigenvalue weighted by atomic mass is 16.1. The topological polar surface area (TPSA) is 34.1 Å². The van der Waals surface area contributed by atoms with E-state index in [0.717, 1.165) is 5.56 Å². The van der Waals surface area contributed by atoms with Crippen molar-refractivity contribution in [3.63, 3.8) is 0 Å². The lowest BCUT2D eigenvalue weighted by atomic mass is 9.78. The molecule has 2 heteroatoms. The molecule has 0 aliphatic heterocycles. The Morgan fingerprint density at radius 3 is 2.05 bits per heavy atom. The molecule has 22 heavy (non-hydrogen) atoms. The first-order valence-electron chi connectivity index (χ1n) is 7.48. The highest BCUT2D eigenvalue weighted by Crippen LogP contribution is 2.30. The Morgan fingerprint density at radius 1 is 1.00 bits per heavy atom. The monoisotopic (exact) mass is 292 g/mol. The van der Waals surface area contributed by atoms with E-state index in [-0.39, 0.29) is 17.5 Å². The van der Waals surface area contributed by atoms with Crippen molar-refractivity contribution in [2.45, 2.75) is 19.3 Å². The van der Waals surface area contributed by atoms with E-state index in [1.165, 1.54) is 0 Å². The van der Waals surface area contributed by atoms with E-state index in [0.29, 0.717) is 12.0 Å². The summed E-state index contributed by atoms with van der Waals surface area (Å²) in [5, 5.41) is 0. The predicted octanol–water partition coefficient (Wildman–Crippen LogP) is 4.43. The predicted molar refractivity (Wildman–Crippen MR) is 88.9 cm³/mol. The second-order valence-corrected chi connectivity index (χ2v) is 5.20. The maximum Gasteiger partial charge on any atom is 0.174 e. The lowest BCUT2D eigenvalue weighted by Gasteiger charge is -2.22. The van der Waals surface area contributed by atoms with Gasteiger partial charge in [0.25, 0.3) is 0 Å². The van der Waals surface area contributed by atoms with Crippen LogP contribution in [0, 0.1) is 5.92 Å². The second-order valence-electron chi connectivity index (χ2n) is 5.20. The molecule has 0 heterocycles. The molecule has 112 valence electrons. The van der Waals surface area contributed by atoms with E-state index >= 15 is 0 Å². The Hall–Kier alpha value is -2.48. The van der Waals surface area contributed by atoms with Crippen molar-refractivity contribution in [3.05, 3.63) is 84.4 Å². The summed E-state index contributed by atoms with van der Waals surface area (Å²) in [6.45, 7) is 5.64. The summed E-state index contributed by atoms with van der Waals surface area (Å²) in [5.74, 6) is -1.21. The van der Waals surface area contributed by atoms with E-state index < -0.39 is 5.92 Å². The summed E-state index contributed by atoms with van der Waals surface area (Å²) in [5.41, 5.74) is 1.51. The fraction of sp³-hybridized carbons (Fsp3) is 0.200. The minimum absolute atomic E-state index is 0.0531. The third-order valence-corrected chi connectivity index (χ3v) is 3.83. The largest absolute Gasteiger partial charge is 0.299 e. The molecule has 0 aliphatic carbocycles.